The van der Waals surface area contributed by atoms with Crippen molar-refractivity contribution in [2.24, 2.45) is 10.9 Å². The zero-order valence-corrected chi connectivity index (χ0v) is 8.20. The van der Waals surface area contributed by atoms with E-state index in [0.29, 0.717) is 0 Å². The molecule has 1 aromatic rings. The lowest BCUT2D eigenvalue weighted by molar-refractivity contribution is -0.136. The molecule has 1 rings (SSSR count). The Balaban J connectivity index is 0.00000169. The first kappa shape index (κ1) is 12.4. The molecule has 0 aromatic heterocycles. The summed E-state index contributed by atoms with van der Waals surface area (Å²) in [7, 11) is 0. The van der Waals surface area contributed by atoms with Gasteiger partial charge in [-0.05, 0) is 11.1 Å². The van der Waals surface area contributed by atoms with Crippen LogP contribution in [0.15, 0.2) is 29.4 Å². The summed E-state index contributed by atoms with van der Waals surface area (Å²) in [5, 5.41) is 11.8. The van der Waals surface area contributed by atoms with Crippen molar-refractivity contribution >= 4 is 24.6 Å². The highest BCUT2D eigenvalue weighted by atomic mass is 35.5. The van der Waals surface area contributed by atoms with Crippen molar-refractivity contribution in [2.45, 2.75) is 6.42 Å². The van der Waals surface area contributed by atoms with Gasteiger partial charge in [-0.15, -0.1) is 12.4 Å². The number of rotatable bonds is 3. The first-order valence-electron chi connectivity index (χ1n) is 3.76. The SMILES string of the molecule is Cl.N/N=C/c1ccc(CC(=O)O)cc1. The fourth-order valence-electron chi connectivity index (χ4n) is 0.982. The number of hydrogen-bond acceptors (Lipinski definition) is 3. The summed E-state index contributed by atoms with van der Waals surface area (Å²) in [5.74, 6) is 4.12. The van der Waals surface area contributed by atoms with Crippen molar-refractivity contribution < 1.29 is 9.90 Å². The molecule has 0 saturated carbocycles. The van der Waals surface area contributed by atoms with Crippen LogP contribution in [0.2, 0.25) is 0 Å². The van der Waals surface area contributed by atoms with Crippen molar-refractivity contribution in [3.63, 3.8) is 0 Å². The third-order valence-corrected chi connectivity index (χ3v) is 1.56. The summed E-state index contributed by atoms with van der Waals surface area (Å²) >= 11 is 0. The van der Waals surface area contributed by atoms with Gasteiger partial charge in [0.25, 0.3) is 0 Å². The molecule has 0 radical (unpaired) electrons. The Bertz CT molecular complexity index is 322. The fourth-order valence-corrected chi connectivity index (χ4v) is 0.982. The van der Waals surface area contributed by atoms with Gasteiger partial charge in [0.1, 0.15) is 0 Å². The van der Waals surface area contributed by atoms with Gasteiger partial charge in [-0.25, -0.2) is 0 Å². The van der Waals surface area contributed by atoms with Crippen molar-refractivity contribution in [2.75, 3.05) is 0 Å². The third kappa shape index (κ3) is 3.91. The summed E-state index contributed by atoms with van der Waals surface area (Å²) in [5.41, 5.74) is 1.62. The molecule has 0 aliphatic carbocycles. The smallest absolute Gasteiger partial charge is 0.307 e. The number of nitrogens with zero attached hydrogens (tertiary/aromatic N) is 1. The van der Waals surface area contributed by atoms with Gasteiger partial charge in [0.2, 0.25) is 0 Å². The molecule has 0 amide bonds. The molecular formula is C9H11ClN2O2. The molecule has 0 fully saturated rings. The fraction of sp³-hybridized carbons (Fsp3) is 0.111. The molecule has 0 spiro atoms. The molecule has 76 valence electrons. The van der Waals surface area contributed by atoms with Gasteiger partial charge in [0.05, 0.1) is 12.6 Å². The third-order valence-electron chi connectivity index (χ3n) is 1.56. The highest BCUT2D eigenvalue weighted by Crippen LogP contribution is 2.03. The van der Waals surface area contributed by atoms with Crippen LogP contribution < -0.4 is 5.84 Å². The number of carboxylic acids is 1. The molecule has 5 heteroatoms. The molecular weight excluding hydrogens is 204 g/mol. The minimum atomic E-state index is -0.833. The minimum Gasteiger partial charge on any atom is -0.481 e. The molecule has 0 unspecified atom stereocenters. The summed E-state index contributed by atoms with van der Waals surface area (Å²) in [4.78, 5) is 10.3. The zero-order chi connectivity index (χ0) is 9.68. The van der Waals surface area contributed by atoms with Gasteiger partial charge in [-0.1, -0.05) is 24.3 Å². The predicted molar refractivity (Wildman–Crippen MR) is 56.8 cm³/mol. The lowest BCUT2D eigenvalue weighted by Gasteiger charge is -1.96. The van der Waals surface area contributed by atoms with Gasteiger partial charge in [-0.2, -0.15) is 5.10 Å². The largest absolute Gasteiger partial charge is 0.481 e. The first-order valence-corrected chi connectivity index (χ1v) is 3.76. The molecule has 14 heavy (non-hydrogen) atoms. The molecule has 0 bridgehead atoms. The number of halogens is 1. The molecule has 3 N–H and O–H groups in total. The molecule has 0 aliphatic heterocycles. The number of hydrogen-bond donors (Lipinski definition) is 2. The monoisotopic (exact) mass is 214 g/mol. The Labute approximate surface area is 87.8 Å². The van der Waals surface area contributed by atoms with Crippen molar-refractivity contribution in [3.8, 4) is 0 Å². The van der Waals surface area contributed by atoms with Crippen LogP contribution in [0, 0.1) is 0 Å². The topological polar surface area (TPSA) is 75.7 Å². The number of carboxylic acid groups (broad SMARTS) is 1. The molecule has 0 atom stereocenters. The maximum absolute atomic E-state index is 10.3. The van der Waals surface area contributed by atoms with E-state index in [9.17, 15) is 4.79 Å². The second kappa shape index (κ2) is 5.99. The second-order valence-electron chi connectivity index (χ2n) is 2.59. The van der Waals surface area contributed by atoms with Crippen LogP contribution in [0.4, 0.5) is 0 Å². The van der Waals surface area contributed by atoms with Gasteiger partial charge in [-0.3, -0.25) is 4.79 Å². The van der Waals surface area contributed by atoms with Gasteiger partial charge >= 0.3 is 5.97 Å². The maximum atomic E-state index is 10.3. The van der Waals surface area contributed by atoms with Crippen molar-refractivity contribution in [3.05, 3.63) is 35.4 Å². The quantitative estimate of drug-likeness (QED) is 0.448. The van der Waals surface area contributed by atoms with E-state index in [1.54, 1.807) is 24.3 Å². The number of carbonyl (C=O) groups is 1. The van der Waals surface area contributed by atoms with E-state index in [-0.39, 0.29) is 18.8 Å². The van der Waals surface area contributed by atoms with Crippen LogP contribution >= 0.6 is 12.4 Å². The van der Waals surface area contributed by atoms with Crippen LogP contribution in [0.5, 0.6) is 0 Å². The van der Waals surface area contributed by atoms with E-state index in [1.165, 1.54) is 6.21 Å². The van der Waals surface area contributed by atoms with Crippen LogP contribution in [-0.2, 0) is 11.2 Å². The molecule has 4 nitrogen and oxygen atoms in total. The normalized spacial score (nSPS) is 9.71. The average molecular weight is 215 g/mol. The van der Waals surface area contributed by atoms with E-state index >= 15 is 0 Å². The number of aliphatic carboxylic acids is 1. The highest BCUT2D eigenvalue weighted by molar-refractivity contribution is 5.85. The summed E-state index contributed by atoms with van der Waals surface area (Å²) in [6.45, 7) is 0. The number of hydrazone groups is 1. The summed E-state index contributed by atoms with van der Waals surface area (Å²) in [6, 6.07) is 7.03. The Morgan fingerprint density at radius 1 is 1.43 bits per heavy atom. The average Bonchev–Trinajstić information content (AvgIpc) is 2.08. The lowest BCUT2D eigenvalue weighted by atomic mass is 10.1. The van der Waals surface area contributed by atoms with Crippen LogP contribution in [0.3, 0.4) is 0 Å². The summed E-state index contributed by atoms with van der Waals surface area (Å²) < 4.78 is 0. The van der Waals surface area contributed by atoms with Gasteiger partial charge in [0, 0.05) is 0 Å². The number of nitrogens with two attached hydrogens (primary N) is 1. The molecule has 0 aliphatic rings. The van der Waals surface area contributed by atoms with E-state index < -0.39 is 5.97 Å². The molecule has 0 heterocycles. The van der Waals surface area contributed by atoms with E-state index in [2.05, 4.69) is 5.10 Å². The Kier molecular flexibility index (Phi) is 5.33. The predicted octanol–water partition coefficient (Wildman–Crippen LogP) is 1.03. The maximum Gasteiger partial charge on any atom is 0.307 e. The Morgan fingerprint density at radius 2 is 2.00 bits per heavy atom. The first-order chi connectivity index (χ1) is 6.22. The Morgan fingerprint density at radius 3 is 2.43 bits per heavy atom. The van der Waals surface area contributed by atoms with Crippen molar-refractivity contribution in [1.82, 2.24) is 0 Å². The molecule has 0 saturated heterocycles. The zero-order valence-electron chi connectivity index (χ0n) is 7.38. The van der Waals surface area contributed by atoms with Crippen LogP contribution in [0.1, 0.15) is 11.1 Å². The summed E-state index contributed by atoms with van der Waals surface area (Å²) in [6.07, 6.45) is 1.55. The lowest BCUT2D eigenvalue weighted by Crippen LogP contribution is -1.99. The standard InChI is InChI=1S/C9H10N2O2.ClH/c10-11-6-8-3-1-7(2-4-8)5-9(12)13;/h1-4,6H,5,10H2,(H,12,13);1H/b11-6+;. The van der Waals surface area contributed by atoms with Crippen LogP contribution in [-0.4, -0.2) is 17.3 Å². The highest BCUT2D eigenvalue weighted by Gasteiger charge is 1.98. The van der Waals surface area contributed by atoms with Crippen LogP contribution in [0.25, 0.3) is 0 Å². The van der Waals surface area contributed by atoms with E-state index in [0.717, 1.165) is 11.1 Å². The van der Waals surface area contributed by atoms with Gasteiger partial charge < -0.3 is 10.9 Å². The Hall–Kier alpha value is -1.55. The second-order valence-corrected chi connectivity index (χ2v) is 2.59. The minimum absolute atomic E-state index is 0. The molecule has 1 aromatic carbocycles. The van der Waals surface area contributed by atoms with Crippen molar-refractivity contribution in [1.29, 1.82) is 0 Å². The number of benzene rings is 1. The van der Waals surface area contributed by atoms with E-state index in [4.69, 9.17) is 10.9 Å². The van der Waals surface area contributed by atoms with Gasteiger partial charge in [0.15, 0.2) is 0 Å². The van der Waals surface area contributed by atoms with E-state index in [1.807, 2.05) is 0 Å².